The topological polar surface area (TPSA) is 38.1 Å². The number of rotatable bonds is 2. The second-order valence-corrected chi connectivity index (χ2v) is 7.65. The van der Waals surface area contributed by atoms with Crippen LogP contribution in [-0.4, -0.2) is 22.2 Å². The van der Waals surface area contributed by atoms with Crippen molar-refractivity contribution in [3.63, 3.8) is 0 Å². The third-order valence-electron chi connectivity index (χ3n) is 4.21. The minimum Gasteiger partial charge on any atom is -0.310 e. The fourth-order valence-electron chi connectivity index (χ4n) is 2.95. The maximum absolute atomic E-state index is 12.8. The van der Waals surface area contributed by atoms with Crippen molar-refractivity contribution in [3.05, 3.63) is 46.7 Å². The van der Waals surface area contributed by atoms with Crippen LogP contribution in [0.1, 0.15) is 44.5 Å². The molecule has 0 radical (unpaired) electrons. The van der Waals surface area contributed by atoms with Crippen molar-refractivity contribution in [2.45, 2.75) is 45.6 Å². The summed E-state index contributed by atoms with van der Waals surface area (Å²) < 4.78 is 1.81. The van der Waals surface area contributed by atoms with E-state index in [1.165, 1.54) is 0 Å². The summed E-state index contributed by atoms with van der Waals surface area (Å²) in [5.74, 6) is 0.0789. The number of hydrogen-bond acceptors (Lipinski definition) is 2. The summed E-state index contributed by atoms with van der Waals surface area (Å²) in [5, 5.41) is 5.28. The quantitative estimate of drug-likeness (QED) is 0.830. The number of amides is 1. The highest BCUT2D eigenvalue weighted by atomic mass is 35.5. The Morgan fingerprint density at radius 1 is 1.26 bits per heavy atom. The number of nitrogens with zero attached hydrogens (tertiary/aromatic N) is 3. The fourth-order valence-corrected chi connectivity index (χ4v) is 3.24. The van der Waals surface area contributed by atoms with Gasteiger partial charge in [0.1, 0.15) is 6.04 Å². The zero-order chi connectivity index (χ0) is 16.8. The van der Waals surface area contributed by atoms with Crippen LogP contribution in [0.2, 0.25) is 5.02 Å². The number of halogens is 1. The molecule has 1 saturated heterocycles. The Morgan fingerprint density at radius 2 is 2.00 bits per heavy atom. The van der Waals surface area contributed by atoms with Gasteiger partial charge < -0.3 is 4.90 Å². The lowest BCUT2D eigenvalue weighted by Gasteiger charge is -2.18. The number of carbonyl (C=O) groups excluding carboxylic acids is 1. The summed E-state index contributed by atoms with van der Waals surface area (Å²) >= 11 is 6.13. The Hall–Kier alpha value is -1.81. The Kier molecular flexibility index (Phi) is 3.96. The molecule has 0 saturated carbocycles. The number of anilines is 1. The molecule has 1 amide bonds. The Labute approximate surface area is 142 Å². The standard InChI is InChI=1S/C18H22ClN3O/c1-12-9-13(19)11-14(10-12)21-7-5-15(17(21)23)22-8-6-16(20-22)18(2,3)4/h6,8-11,15H,5,7H2,1-4H3. The Bertz CT molecular complexity index is 725. The minimum absolute atomic E-state index is 0.0172. The molecule has 5 heteroatoms. The van der Waals surface area contributed by atoms with E-state index in [-0.39, 0.29) is 17.4 Å². The molecule has 0 spiro atoms. The molecule has 2 heterocycles. The Morgan fingerprint density at radius 3 is 2.61 bits per heavy atom. The number of carbonyl (C=O) groups is 1. The van der Waals surface area contributed by atoms with Crippen molar-refractivity contribution in [2.75, 3.05) is 11.4 Å². The van der Waals surface area contributed by atoms with Crippen LogP contribution in [0.25, 0.3) is 0 Å². The zero-order valence-corrected chi connectivity index (χ0v) is 14.8. The van der Waals surface area contributed by atoms with Gasteiger partial charge in [0.15, 0.2) is 0 Å². The monoisotopic (exact) mass is 331 g/mol. The molecule has 1 aliphatic heterocycles. The molecule has 0 bridgehead atoms. The van der Waals surface area contributed by atoms with Crippen LogP contribution in [0.3, 0.4) is 0 Å². The van der Waals surface area contributed by atoms with E-state index in [1.807, 2.05) is 42.3 Å². The number of aromatic nitrogens is 2. The van der Waals surface area contributed by atoms with Gasteiger partial charge in [-0.3, -0.25) is 9.48 Å². The van der Waals surface area contributed by atoms with Gasteiger partial charge in [0.25, 0.3) is 5.91 Å². The second kappa shape index (κ2) is 5.68. The van der Waals surface area contributed by atoms with Crippen molar-refractivity contribution in [3.8, 4) is 0 Å². The summed E-state index contributed by atoms with van der Waals surface area (Å²) in [6.07, 6.45) is 2.67. The molecular formula is C18H22ClN3O. The normalized spacial score (nSPS) is 18.7. The van der Waals surface area contributed by atoms with E-state index < -0.39 is 0 Å². The van der Waals surface area contributed by atoms with E-state index in [0.29, 0.717) is 11.6 Å². The van der Waals surface area contributed by atoms with Crippen LogP contribution < -0.4 is 4.90 Å². The first kappa shape index (κ1) is 16.1. The first-order chi connectivity index (χ1) is 10.8. The van der Waals surface area contributed by atoms with E-state index >= 15 is 0 Å². The van der Waals surface area contributed by atoms with E-state index in [1.54, 1.807) is 4.68 Å². The second-order valence-electron chi connectivity index (χ2n) is 7.21. The predicted molar refractivity (Wildman–Crippen MR) is 93.1 cm³/mol. The lowest BCUT2D eigenvalue weighted by atomic mass is 9.93. The van der Waals surface area contributed by atoms with Crippen molar-refractivity contribution < 1.29 is 4.79 Å². The van der Waals surface area contributed by atoms with Gasteiger partial charge >= 0.3 is 0 Å². The summed E-state index contributed by atoms with van der Waals surface area (Å²) in [4.78, 5) is 14.6. The predicted octanol–water partition coefficient (Wildman–Crippen LogP) is 4.12. The highest BCUT2D eigenvalue weighted by Gasteiger charge is 2.35. The molecule has 3 rings (SSSR count). The fraction of sp³-hybridized carbons (Fsp3) is 0.444. The van der Waals surface area contributed by atoms with Crippen LogP contribution >= 0.6 is 11.6 Å². The van der Waals surface area contributed by atoms with Crippen LogP contribution in [0.15, 0.2) is 30.5 Å². The van der Waals surface area contributed by atoms with E-state index in [0.717, 1.165) is 23.4 Å². The van der Waals surface area contributed by atoms with Crippen molar-refractivity contribution in [1.29, 1.82) is 0 Å². The lowest BCUT2D eigenvalue weighted by Crippen LogP contribution is -2.28. The molecule has 4 nitrogen and oxygen atoms in total. The first-order valence-corrected chi connectivity index (χ1v) is 8.28. The van der Waals surface area contributed by atoms with Gasteiger partial charge in [0, 0.05) is 28.9 Å². The maximum Gasteiger partial charge on any atom is 0.251 e. The molecule has 1 fully saturated rings. The lowest BCUT2D eigenvalue weighted by molar-refractivity contribution is -0.120. The molecule has 1 aromatic carbocycles. The van der Waals surface area contributed by atoms with Crippen molar-refractivity contribution in [1.82, 2.24) is 9.78 Å². The molecule has 0 N–H and O–H groups in total. The average Bonchev–Trinajstić information content (AvgIpc) is 3.03. The number of benzene rings is 1. The highest BCUT2D eigenvalue weighted by molar-refractivity contribution is 6.31. The van der Waals surface area contributed by atoms with E-state index in [4.69, 9.17) is 11.6 Å². The van der Waals surface area contributed by atoms with E-state index in [9.17, 15) is 4.79 Å². The first-order valence-electron chi connectivity index (χ1n) is 7.90. The molecular weight excluding hydrogens is 310 g/mol. The molecule has 122 valence electrons. The van der Waals surface area contributed by atoms with Gasteiger partial charge in [0.2, 0.25) is 0 Å². The third-order valence-corrected chi connectivity index (χ3v) is 4.43. The molecule has 1 aromatic heterocycles. The van der Waals surface area contributed by atoms with Gasteiger partial charge in [-0.05, 0) is 43.2 Å². The zero-order valence-electron chi connectivity index (χ0n) is 14.0. The highest BCUT2D eigenvalue weighted by Crippen LogP contribution is 2.31. The number of aryl methyl sites for hydroxylation is 1. The average molecular weight is 332 g/mol. The Balaban J connectivity index is 1.85. The molecule has 1 aliphatic rings. The molecule has 2 aromatic rings. The summed E-state index contributed by atoms with van der Waals surface area (Å²) in [6.45, 7) is 9.04. The smallest absolute Gasteiger partial charge is 0.251 e. The summed E-state index contributed by atoms with van der Waals surface area (Å²) in [7, 11) is 0. The molecule has 23 heavy (non-hydrogen) atoms. The minimum atomic E-state index is -0.231. The third kappa shape index (κ3) is 3.13. The van der Waals surface area contributed by atoms with Crippen LogP contribution in [0.5, 0.6) is 0 Å². The van der Waals surface area contributed by atoms with Crippen molar-refractivity contribution in [2.24, 2.45) is 0 Å². The van der Waals surface area contributed by atoms with Gasteiger partial charge in [-0.2, -0.15) is 5.10 Å². The molecule has 1 atom stereocenters. The van der Waals surface area contributed by atoms with Gasteiger partial charge in [-0.15, -0.1) is 0 Å². The van der Waals surface area contributed by atoms with Crippen LogP contribution in [0.4, 0.5) is 5.69 Å². The number of hydrogen-bond donors (Lipinski definition) is 0. The molecule has 0 aliphatic carbocycles. The summed E-state index contributed by atoms with van der Waals surface area (Å²) in [6, 6.07) is 7.50. The van der Waals surface area contributed by atoms with Gasteiger partial charge in [0.05, 0.1) is 5.69 Å². The summed E-state index contributed by atoms with van der Waals surface area (Å²) in [5.41, 5.74) is 2.90. The van der Waals surface area contributed by atoms with Gasteiger partial charge in [-0.25, -0.2) is 0 Å². The van der Waals surface area contributed by atoms with Gasteiger partial charge in [-0.1, -0.05) is 32.4 Å². The van der Waals surface area contributed by atoms with Crippen LogP contribution in [-0.2, 0) is 10.2 Å². The largest absolute Gasteiger partial charge is 0.310 e. The SMILES string of the molecule is Cc1cc(Cl)cc(N2CCC(n3ccc(C(C)(C)C)n3)C2=O)c1. The molecule has 1 unspecified atom stereocenters. The van der Waals surface area contributed by atoms with Crippen LogP contribution in [0, 0.1) is 6.92 Å². The van der Waals surface area contributed by atoms with E-state index in [2.05, 4.69) is 25.9 Å². The van der Waals surface area contributed by atoms with Crippen molar-refractivity contribution >= 4 is 23.2 Å². The maximum atomic E-state index is 12.8.